The van der Waals surface area contributed by atoms with Crippen molar-refractivity contribution in [1.29, 1.82) is 0 Å². The highest BCUT2D eigenvalue weighted by Crippen LogP contribution is 2.79. The molecule has 1 heteroatoms. The van der Waals surface area contributed by atoms with E-state index in [1.807, 2.05) is 13.8 Å². The Morgan fingerprint density at radius 1 is 1.36 bits per heavy atom. The van der Waals surface area contributed by atoms with Crippen LogP contribution in [0.4, 0.5) is 0 Å². The minimum atomic E-state index is -0.398. The standard InChI is InChI=1S/C10H16O/c1-9(2,11)10-4-6-3-7(6)8(10)5-10/h6-8,11H,3-5H2,1-2H3. The van der Waals surface area contributed by atoms with Crippen LogP contribution >= 0.6 is 0 Å². The molecule has 0 heterocycles. The van der Waals surface area contributed by atoms with Gasteiger partial charge in [0.1, 0.15) is 0 Å². The van der Waals surface area contributed by atoms with Gasteiger partial charge >= 0.3 is 0 Å². The molecule has 3 saturated carbocycles. The zero-order valence-corrected chi connectivity index (χ0v) is 7.30. The summed E-state index contributed by atoms with van der Waals surface area (Å²) in [6, 6.07) is 0. The molecular weight excluding hydrogens is 136 g/mol. The highest BCUT2D eigenvalue weighted by Gasteiger charge is 2.75. The van der Waals surface area contributed by atoms with Gasteiger partial charge in [-0.3, -0.25) is 0 Å². The van der Waals surface area contributed by atoms with Crippen molar-refractivity contribution >= 4 is 0 Å². The predicted molar refractivity (Wildman–Crippen MR) is 43.1 cm³/mol. The molecule has 1 N–H and O–H groups in total. The summed E-state index contributed by atoms with van der Waals surface area (Å²) in [6.45, 7) is 4.00. The fraction of sp³-hybridized carbons (Fsp3) is 1.00. The van der Waals surface area contributed by atoms with Crippen LogP contribution in [0.5, 0.6) is 0 Å². The Hall–Kier alpha value is -0.0400. The zero-order valence-electron chi connectivity index (χ0n) is 7.30. The average Bonchev–Trinajstić information content (AvgIpc) is 2.68. The minimum Gasteiger partial charge on any atom is -0.390 e. The van der Waals surface area contributed by atoms with Gasteiger partial charge in [-0.15, -0.1) is 0 Å². The third-order valence-corrected chi connectivity index (χ3v) is 4.47. The molecule has 0 aromatic heterocycles. The molecule has 0 saturated heterocycles. The van der Waals surface area contributed by atoms with E-state index in [1.165, 1.54) is 19.3 Å². The molecule has 0 amide bonds. The first kappa shape index (κ1) is 6.47. The van der Waals surface area contributed by atoms with E-state index in [1.54, 1.807) is 0 Å². The normalized spacial score (nSPS) is 58.6. The summed E-state index contributed by atoms with van der Waals surface area (Å²) in [5.74, 6) is 2.95. The van der Waals surface area contributed by atoms with Crippen molar-refractivity contribution in [2.24, 2.45) is 23.2 Å². The van der Waals surface area contributed by atoms with Gasteiger partial charge in [-0.2, -0.15) is 0 Å². The molecule has 0 aromatic carbocycles. The molecule has 1 nitrogen and oxygen atoms in total. The molecule has 0 aliphatic heterocycles. The maximum Gasteiger partial charge on any atom is 0.0650 e. The summed E-state index contributed by atoms with van der Waals surface area (Å²) in [6.07, 6.45) is 4.12. The third-order valence-electron chi connectivity index (χ3n) is 4.47. The second kappa shape index (κ2) is 1.39. The van der Waals surface area contributed by atoms with Crippen molar-refractivity contribution in [2.75, 3.05) is 0 Å². The Kier molecular flexibility index (Phi) is 0.820. The lowest BCUT2D eigenvalue weighted by molar-refractivity contribution is -0.00628. The number of hydrogen-bond donors (Lipinski definition) is 1. The second-order valence-electron chi connectivity index (χ2n) is 5.39. The van der Waals surface area contributed by atoms with Crippen LogP contribution in [-0.4, -0.2) is 10.7 Å². The van der Waals surface area contributed by atoms with E-state index in [-0.39, 0.29) is 0 Å². The number of rotatable bonds is 1. The third kappa shape index (κ3) is 0.581. The van der Waals surface area contributed by atoms with Crippen molar-refractivity contribution in [3.63, 3.8) is 0 Å². The molecule has 0 radical (unpaired) electrons. The molecule has 4 atom stereocenters. The van der Waals surface area contributed by atoms with Crippen molar-refractivity contribution in [3.05, 3.63) is 0 Å². The highest BCUT2D eigenvalue weighted by atomic mass is 16.3. The molecule has 3 aliphatic rings. The van der Waals surface area contributed by atoms with Gasteiger partial charge in [0.15, 0.2) is 0 Å². The molecule has 11 heavy (non-hydrogen) atoms. The lowest BCUT2D eigenvalue weighted by atomic mass is 9.83. The van der Waals surface area contributed by atoms with E-state index >= 15 is 0 Å². The van der Waals surface area contributed by atoms with Gasteiger partial charge < -0.3 is 5.11 Å². The van der Waals surface area contributed by atoms with Gasteiger partial charge in [0.05, 0.1) is 5.60 Å². The molecule has 0 bridgehead atoms. The Balaban J connectivity index is 1.90. The summed E-state index contributed by atoms with van der Waals surface area (Å²) in [7, 11) is 0. The maximum absolute atomic E-state index is 9.96. The topological polar surface area (TPSA) is 20.2 Å². The SMILES string of the molecule is CC(C)(O)C12CC3CC3C1C2. The van der Waals surface area contributed by atoms with Gasteiger partial charge in [-0.1, -0.05) is 0 Å². The van der Waals surface area contributed by atoms with Gasteiger partial charge in [0, 0.05) is 5.41 Å². The fourth-order valence-electron chi connectivity index (χ4n) is 3.55. The quantitative estimate of drug-likeness (QED) is 0.607. The largest absolute Gasteiger partial charge is 0.390 e. The van der Waals surface area contributed by atoms with Crippen LogP contribution in [0.3, 0.4) is 0 Å². The van der Waals surface area contributed by atoms with Gasteiger partial charge in [0.2, 0.25) is 0 Å². The van der Waals surface area contributed by atoms with Crippen LogP contribution < -0.4 is 0 Å². The van der Waals surface area contributed by atoms with Crippen molar-refractivity contribution in [3.8, 4) is 0 Å². The summed E-state index contributed by atoms with van der Waals surface area (Å²) in [4.78, 5) is 0. The average molecular weight is 152 g/mol. The Morgan fingerprint density at radius 3 is 2.45 bits per heavy atom. The fourth-order valence-corrected chi connectivity index (χ4v) is 3.55. The first-order valence-electron chi connectivity index (χ1n) is 4.77. The summed E-state index contributed by atoms with van der Waals surface area (Å²) < 4.78 is 0. The lowest BCUT2D eigenvalue weighted by Gasteiger charge is -2.29. The monoisotopic (exact) mass is 152 g/mol. The van der Waals surface area contributed by atoms with Crippen LogP contribution in [0.2, 0.25) is 0 Å². The predicted octanol–water partition coefficient (Wildman–Crippen LogP) is 1.80. The molecule has 0 aromatic rings. The van der Waals surface area contributed by atoms with Gasteiger partial charge in [-0.05, 0) is 50.9 Å². The summed E-state index contributed by atoms with van der Waals surface area (Å²) in [5, 5.41) is 9.96. The number of fused-ring (bicyclic) bond motifs is 3. The van der Waals surface area contributed by atoms with E-state index < -0.39 is 5.60 Å². The van der Waals surface area contributed by atoms with Gasteiger partial charge in [0.25, 0.3) is 0 Å². The second-order valence-corrected chi connectivity index (χ2v) is 5.39. The Morgan fingerprint density at radius 2 is 2.09 bits per heavy atom. The van der Waals surface area contributed by atoms with Crippen LogP contribution in [0.25, 0.3) is 0 Å². The van der Waals surface area contributed by atoms with Crippen molar-refractivity contribution in [1.82, 2.24) is 0 Å². The lowest BCUT2D eigenvalue weighted by Crippen LogP contribution is -2.33. The molecule has 62 valence electrons. The molecule has 3 aliphatic carbocycles. The van der Waals surface area contributed by atoms with Crippen LogP contribution in [0.15, 0.2) is 0 Å². The van der Waals surface area contributed by atoms with E-state index in [0.29, 0.717) is 5.41 Å². The molecule has 4 unspecified atom stereocenters. The van der Waals surface area contributed by atoms with Crippen LogP contribution in [-0.2, 0) is 0 Å². The minimum absolute atomic E-state index is 0.376. The van der Waals surface area contributed by atoms with Crippen LogP contribution in [0.1, 0.15) is 33.1 Å². The highest BCUT2D eigenvalue weighted by molar-refractivity contribution is 5.24. The Labute approximate surface area is 67.8 Å². The summed E-state index contributed by atoms with van der Waals surface area (Å²) >= 11 is 0. The van der Waals surface area contributed by atoms with Crippen LogP contribution in [0, 0.1) is 23.2 Å². The van der Waals surface area contributed by atoms with E-state index in [0.717, 1.165) is 17.8 Å². The summed E-state index contributed by atoms with van der Waals surface area (Å²) in [5.41, 5.74) is -0.0222. The first-order chi connectivity index (χ1) is 5.05. The molecule has 3 fully saturated rings. The van der Waals surface area contributed by atoms with Crippen molar-refractivity contribution in [2.45, 2.75) is 38.7 Å². The zero-order chi connectivity index (χ0) is 7.85. The Bertz CT molecular complexity index is 215. The van der Waals surface area contributed by atoms with E-state index in [9.17, 15) is 5.11 Å². The molecular formula is C10H16O. The van der Waals surface area contributed by atoms with E-state index in [2.05, 4.69) is 0 Å². The smallest absolute Gasteiger partial charge is 0.0650 e. The van der Waals surface area contributed by atoms with Crippen molar-refractivity contribution < 1.29 is 5.11 Å². The number of aliphatic hydroxyl groups is 1. The van der Waals surface area contributed by atoms with Gasteiger partial charge in [-0.25, -0.2) is 0 Å². The number of hydrogen-bond acceptors (Lipinski definition) is 1. The first-order valence-corrected chi connectivity index (χ1v) is 4.77. The molecule has 0 spiro atoms. The maximum atomic E-state index is 9.96. The molecule has 3 rings (SSSR count). The van der Waals surface area contributed by atoms with E-state index in [4.69, 9.17) is 0 Å².